The monoisotopic (exact) mass is 309 g/mol. The second kappa shape index (κ2) is 6.28. The van der Waals surface area contributed by atoms with Gasteiger partial charge in [-0.15, -0.1) is 0 Å². The highest BCUT2D eigenvalue weighted by atomic mass is 32.2. The normalized spacial score (nSPS) is 11.7. The Labute approximate surface area is 124 Å². The number of nitrogens with one attached hydrogen (secondary N) is 3. The molecule has 1 aromatic heterocycles. The van der Waals surface area contributed by atoms with Crippen LogP contribution in [-0.2, 0) is 21.2 Å². The number of fused-ring (bicyclic) bond motifs is 1. The summed E-state index contributed by atoms with van der Waals surface area (Å²) in [6, 6.07) is 6.15. The van der Waals surface area contributed by atoms with E-state index in [1.54, 1.807) is 0 Å². The predicted molar refractivity (Wildman–Crippen MR) is 82.6 cm³/mol. The standard InChI is InChI=1S/C14H19N3O3S/c1-10-3-4-12-11(8-17-13(12)7-10)5-6-16-14(18)9-21(19,20)15-2/h3-4,7-8,15,17H,5-6,9H2,1-2H3,(H,16,18). The summed E-state index contributed by atoms with van der Waals surface area (Å²) in [6.07, 6.45) is 2.56. The Hall–Kier alpha value is -1.86. The maximum absolute atomic E-state index is 11.5. The third kappa shape index (κ3) is 4.05. The second-order valence-corrected chi connectivity index (χ2v) is 6.85. The number of aryl methyl sites for hydroxylation is 1. The van der Waals surface area contributed by atoms with Crippen LogP contribution >= 0.6 is 0 Å². The van der Waals surface area contributed by atoms with E-state index in [2.05, 4.69) is 21.1 Å². The lowest BCUT2D eigenvalue weighted by Gasteiger charge is -2.05. The minimum Gasteiger partial charge on any atom is -0.361 e. The molecule has 0 atom stereocenters. The zero-order valence-electron chi connectivity index (χ0n) is 12.1. The average molecular weight is 309 g/mol. The third-order valence-electron chi connectivity index (χ3n) is 3.27. The van der Waals surface area contributed by atoms with Crippen LogP contribution < -0.4 is 10.0 Å². The van der Waals surface area contributed by atoms with E-state index in [1.807, 2.05) is 25.3 Å². The first-order valence-corrected chi connectivity index (χ1v) is 8.31. The van der Waals surface area contributed by atoms with Crippen molar-refractivity contribution in [3.63, 3.8) is 0 Å². The van der Waals surface area contributed by atoms with E-state index < -0.39 is 21.7 Å². The molecule has 0 spiro atoms. The second-order valence-electron chi connectivity index (χ2n) is 4.93. The number of benzene rings is 1. The van der Waals surface area contributed by atoms with Gasteiger partial charge in [0.15, 0.2) is 0 Å². The Balaban J connectivity index is 1.92. The molecule has 0 bridgehead atoms. The first kappa shape index (κ1) is 15.5. The van der Waals surface area contributed by atoms with Crippen LogP contribution in [0.15, 0.2) is 24.4 Å². The number of aromatic nitrogens is 1. The number of carbonyl (C=O) groups excluding carboxylic acids is 1. The topological polar surface area (TPSA) is 91.1 Å². The Kier molecular flexibility index (Phi) is 4.64. The van der Waals surface area contributed by atoms with Crippen molar-refractivity contribution in [2.45, 2.75) is 13.3 Å². The Morgan fingerprint density at radius 1 is 1.33 bits per heavy atom. The smallest absolute Gasteiger partial charge is 0.236 e. The molecule has 0 fully saturated rings. The fourth-order valence-electron chi connectivity index (χ4n) is 2.14. The lowest BCUT2D eigenvalue weighted by Crippen LogP contribution is -2.35. The largest absolute Gasteiger partial charge is 0.361 e. The summed E-state index contributed by atoms with van der Waals surface area (Å²) in [4.78, 5) is 14.7. The van der Waals surface area contributed by atoms with Crippen molar-refractivity contribution in [3.8, 4) is 0 Å². The zero-order valence-corrected chi connectivity index (χ0v) is 12.9. The van der Waals surface area contributed by atoms with Crippen molar-refractivity contribution < 1.29 is 13.2 Å². The zero-order chi connectivity index (χ0) is 15.5. The van der Waals surface area contributed by atoms with Gasteiger partial charge in [-0.05, 0) is 37.6 Å². The number of rotatable bonds is 6. The minimum absolute atomic E-state index is 0.402. The molecular weight excluding hydrogens is 290 g/mol. The number of amides is 1. The number of H-pyrrole nitrogens is 1. The number of carbonyl (C=O) groups is 1. The minimum atomic E-state index is -3.51. The molecule has 0 radical (unpaired) electrons. The molecule has 0 saturated heterocycles. The summed E-state index contributed by atoms with van der Waals surface area (Å²) in [5, 5.41) is 3.74. The lowest BCUT2D eigenvalue weighted by molar-refractivity contribution is -0.118. The molecule has 0 aliphatic rings. The maximum atomic E-state index is 11.5. The van der Waals surface area contributed by atoms with E-state index in [0.717, 1.165) is 16.5 Å². The summed E-state index contributed by atoms with van der Waals surface area (Å²) < 4.78 is 24.6. The molecule has 1 aromatic carbocycles. The van der Waals surface area contributed by atoms with E-state index in [9.17, 15) is 13.2 Å². The molecule has 0 aliphatic carbocycles. The first-order chi connectivity index (χ1) is 9.91. The quantitative estimate of drug-likeness (QED) is 0.733. The highest BCUT2D eigenvalue weighted by Crippen LogP contribution is 2.19. The summed E-state index contributed by atoms with van der Waals surface area (Å²) in [6.45, 7) is 2.43. The molecule has 1 amide bonds. The van der Waals surface area contributed by atoms with Gasteiger partial charge < -0.3 is 10.3 Å². The van der Waals surface area contributed by atoms with Gasteiger partial charge >= 0.3 is 0 Å². The number of aromatic amines is 1. The SMILES string of the molecule is CNS(=O)(=O)CC(=O)NCCc1c[nH]c2cc(C)ccc12. The molecule has 1 heterocycles. The maximum Gasteiger partial charge on any atom is 0.236 e. The first-order valence-electron chi connectivity index (χ1n) is 6.66. The molecule has 2 aromatic rings. The Bertz CT molecular complexity index is 750. The van der Waals surface area contributed by atoms with Crippen molar-refractivity contribution in [3.05, 3.63) is 35.5 Å². The highest BCUT2D eigenvalue weighted by Gasteiger charge is 2.13. The lowest BCUT2D eigenvalue weighted by atomic mass is 10.1. The fraction of sp³-hybridized carbons (Fsp3) is 0.357. The molecule has 0 aliphatic heterocycles. The van der Waals surface area contributed by atoms with E-state index in [1.165, 1.54) is 12.6 Å². The van der Waals surface area contributed by atoms with E-state index >= 15 is 0 Å². The van der Waals surface area contributed by atoms with Gasteiger partial charge in [0.2, 0.25) is 15.9 Å². The van der Waals surface area contributed by atoms with Gasteiger partial charge in [0.05, 0.1) is 0 Å². The van der Waals surface area contributed by atoms with Crippen LogP contribution in [0.25, 0.3) is 10.9 Å². The number of hydrogen-bond acceptors (Lipinski definition) is 3. The van der Waals surface area contributed by atoms with E-state index in [4.69, 9.17) is 0 Å². The van der Waals surface area contributed by atoms with E-state index in [-0.39, 0.29) is 0 Å². The van der Waals surface area contributed by atoms with Crippen LogP contribution in [0, 0.1) is 6.92 Å². The fourth-order valence-corrected chi connectivity index (χ4v) is 2.73. The van der Waals surface area contributed by atoms with Crippen LogP contribution in [-0.4, -0.2) is 38.7 Å². The number of sulfonamides is 1. The van der Waals surface area contributed by atoms with Gasteiger partial charge in [0, 0.05) is 23.6 Å². The van der Waals surface area contributed by atoms with Gasteiger partial charge in [-0.2, -0.15) is 0 Å². The van der Waals surface area contributed by atoms with Crippen molar-refractivity contribution in [1.29, 1.82) is 0 Å². The average Bonchev–Trinajstić information content (AvgIpc) is 2.80. The van der Waals surface area contributed by atoms with E-state index in [0.29, 0.717) is 13.0 Å². The van der Waals surface area contributed by atoms with Crippen molar-refractivity contribution >= 4 is 26.8 Å². The summed E-state index contributed by atoms with van der Waals surface area (Å²) >= 11 is 0. The molecule has 7 heteroatoms. The Morgan fingerprint density at radius 3 is 2.81 bits per heavy atom. The Morgan fingerprint density at radius 2 is 2.10 bits per heavy atom. The predicted octanol–water partition coefficient (Wildman–Crippen LogP) is 0.684. The molecular formula is C14H19N3O3S. The molecule has 21 heavy (non-hydrogen) atoms. The van der Waals surface area contributed by atoms with Crippen LogP contribution in [0.1, 0.15) is 11.1 Å². The molecule has 0 unspecified atom stereocenters. The highest BCUT2D eigenvalue weighted by molar-refractivity contribution is 7.90. The van der Waals surface area contributed by atoms with Gasteiger partial charge in [-0.25, -0.2) is 13.1 Å². The molecule has 114 valence electrons. The van der Waals surface area contributed by atoms with Crippen LogP contribution in [0.3, 0.4) is 0 Å². The molecule has 0 saturated carbocycles. The molecule has 3 N–H and O–H groups in total. The third-order valence-corrected chi connectivity index (χ3v) is 4.54. The van der Waals surface area contributed by atoms with Crippen molar-refractivity contribution in [2.24, 2.45) is 0 Å². The summed E-state index contributed by atoms with van der Waals surface area (Å²) in [5.74, 6) is -1.05. The number of hydrogen-bond donors (Lipinski definition) is 3. The van der Waals surface area contributed by atoms with Crippen molar-refractivity contribution in [1.82, 2.24) is 15.0 Å². The van der Waals surface area contributed by atoms with Crippen LogP contribution in [0.5, 0.6) is 0 Å². The van der Waals surface area contributed by atoms with Gasteiger partial charge in [-0.3, -0.25) is 4.79 Å². The molecule has 6 nitrogen and oxygen atoms in total. The van der Waals surface area contributed by atoms with Gasteiger partial charge in [0.25, 0.3) is 0 Å². The van der Waals surface area contributed by atoms with Crippen LogP contribution in [0.4, 0.5) is 0 Å². The summed E-state index contributed by atoms with van der Waals surface area (Å²) in [7, 11) is -2.22. The summed E-state index contributed by atoms with van der Waals surface area (Å²) in [5.41, 5.74) is 3.34. The van der Waals surface area contributed by atoms with Gasteiger partial charge in [-0.1, -0.05) is 12.1 Å². The molecule has 2 rings (SSSR count). The van der Waals surface area contributed by atoms with Crippen molar-refractivity contribution in [2.75, 3.05) is 19.3 Å². The van der Waals surface area contributed by atoms with Gasteiger partial charge in [0.1, 0.15) is 5.75 Å². The van der Waals surface area contributed by atoms with Crippen LogP contribution in [0.2, 0.25) is 0 Å².